The number of fused-ring (bicyclic) bond motifs is 1. The zero-order valence-electron chi connectivity index (χ0n) is 21.7. The van der Waals surface area contributed by atoms with Gasteiger partial charge in [-0.3, -0.25) is 14.4 Å². The van der Waals surface area contributed by atoms with Gasteiger partial charge in [-0.1, -0.05) is 44.5 Å². The lowest BCUT2D eigenvalue weighted by molar-refractivity contribution is 0.0697. The van der Waals surface area contributed by atoms with Crippen LogP contribution in [0.2, 0.25) is 5.02 Å². The molecule has 10 heteroatoms. The van der Waals surface area contributed by atoms with Gasteiger partial charge in [0, 0.05) is 10.6 Å². The molecule has 3 aromatic carbocycles. The summed E-state index contributed by atoms with van der Waals surface area (Å²) in [7, 11) is 0. The number of rotatable bonds is 7. The molecule has 1 aromatic heterocycles. The molecular formula is C29H26ClN3O6. The summed E-state index contributed by atoms with van der Waals surface area (Å²) in [6.45, 7) is 7.82. The Balaban J connectivity index is 1.51. The van der Waals surface area contributed by atoms with Crippen molar-refractivity contribution in [3.63, 3.8) is 0 Å². The van der Waals surface area contributed by atoms with E-state index in [9.17, 15) is 24.3 Å². The Labute approximate surface area is 228 Å². The number of carbonyl (C=O) groups is 2. The molecule has 0 aliphatic carbocycles. The lowest BCUT2D eigenvalue weighted by Crippen LogP contribution is -2.39. The van der Waals surface area contributed by atoms with Gasteiger partial charge in [-0.05, 0) is 48.7 Å². The van der Waals surface area contributed by atoms with E-state index in [0.717, 1.165) is 0 Å². The molecule has 0 bridgehead atoms. The second-order valence-corrected chi connectivity index (χ2v) is 11.0. The maximum Gasteiger partial charge on any atom is 0.337 e. The van der Waals surface area contributed by atoms with Crippen molar-refractivity contribution in [2.24, 2.45) is 5.41 Å². The molecule has 1 aliphatic heterocycles. The fourth-order valence-electron chi connectivity index (χ4n) is 4.83. The summed E-state index contributed by atoms with van der Waals surface area (Å²) in [4.78, 5) is 52.1. The number of para-hydroxylation sites is 1. The highest BCUT2D eigenvalue weighted by atomic mass is 35.5. The largest absolute Gasteiger partial charge is 0.478 e. The highest BCUT2D eigenvalue weighted by Gasteiger charge is 2.37. The van der Waals surface area contributed by atoms with E-state index < -0.39 is 28.8 Å². The number of aromatic carboxylic acids is 1. The summed E-state index contributed by atoms with van der Waals surface area (Å²) in [6.07, 6.45) is 0. The van der Waals surface area contributed by atoms with Gasteiger partial charge >= 0.3 is 5.97 Å². The van der Waals surface area contributed by atoms with Gasteiger partial charge in [-0.2, -0.15) is 0 Å². The number of aryl methyl sites for hydroxylation is 1. The quantitative estimate of drug-likeness (QED) is 0.254. The zero-order valence-corrected chi connectivity index (χ0v) is 22.5. The van der Waals surface area contributed by atoms with Crippen molar-refractivity contribution in [2.75, 3.05) is 15.5 Å². The number of furan rings is 1. The Morgan fingerprint density at radius 3 is 2.36 bits per heavy atom. The fourth-order valence-corrected chi connectivity index (χ4v) is 5.04. The minimum atomic E-state index is -1.17. The van der Waals surface area contributed by atoms with Crippen molar-refractivity contribution in [1.82, 2.24) is 0 Å². The topological polar surface area (TPSA) is 129 Å². The number of nitrogens with one attached hydrogen (secondary N) is 2. The first-order valence-corrected chi connectivity index (χ1v) is 12.6. The predicted molar refractivity (Wildman–Crippen MR) is 149 cm³/mol. The van der Waals surface area contributed by atoms with Gasteiger partial charge in [0.1, 0.15) is 22.9 Å². The third kappa shape index (κ3) is 4.48. The average Bonchev–Trinajstić information content (AvgIpc) is 3.47. The van der Waals surface area contributed by atoms with Crippen LogP contribution in [-0.4, -0.2) is 17.0 Å². The summed E-state index contributed by atoms with van der Waals surface area (Å²) in [5, 5.41) is 16.1. The van der Waals surface area contributed by atoms with Crippen molar-refractivity contribution >= 4 is 46.2 Å². The summed E-state index contributed by atoms with van der Waals surface area (Å²) < 4.78 is 5.82. The third-order valence-corrected chi connectivity index (χ3v) is 7.18. The summed E-state index contributed by atoms with van der Waals surface area (Å²) in [6, 6.07) is 12.6. The monoisotopic (exact) mass is 547 g/mol. The van der Waals surface area contributed by atoms with E-state index in [2.05, 4.69) is 10.6 Å². The van der Waals surface area contributed by atoms with Crippen molar-refractivity contribution in [1.29, 1.82) is 0 Å². The van der Waals surface area contributed by atoms with E-state index in [-0.39, 0.29) is 45.8 Å². The molecule has 5 rings (SSSR count). The van der Waals surface area contributed by atoms with E-state index >= 15 is 0 Å². The lowest BCUT2D eigenvalue weighted by atomic mass is 9.85. The van der Waals surface area contributed by atoms with Crippen LogP contribution in [0.15, 0.2) is 62.5 Å². The molecule has 4 aromatic rings. The average molecular weight is 548 g/mol. The molecule has 9 nitrogen and oxygen atoms in total. The number of hydrogen-bond donors (Lipinski definition) is 3. The number of halogens is 1. The van der Waals surface area contributed by atoms with Crippen LogP contribution in [0.4, 0.5) is 22.7 Å². The molecule has 0 unspecified atom stereocenters. The smallest absolute Gasteiger partial charge is 0.337 e. The van der Waals surface area contributed by atoms with Gasteiger partial charge in [0.15, 0.2) is 0 Å². The molecule has 0 saturated carbocycles. The first-order valence-electron chi connectivity index (χ1n) is 12.3. The van der Waals surface area contributed by atoms with Gasteiger partial charge in [0.05, 0.1) is 35.1 Å². The molecule has 0 saturated heterocycles. The second-order valence-electron chi connectivity index (χ2n) is 10.6. The molecule has 39 heavy (non-hydrogen) atoms. The van der Waals surface area contributed by atoms with Gasteiger partial charge in [0.2, 0.25) is 0 Å². The molecule has 3 N–H and O–H groups in total. The maximum absolute atomic E-state index is 13.6. The molecule has 1 amide bonds. The number of amides is 1. The molecule has 0 fully saturated rings. The number of hydrogen-bond acceptors (Lipinski definition) is 7. The molecule has 1 aliphatic rings. The lowest BCUT2D eigenvalue weighted by Gasteiger charge is -2.31. The molecule has 2 heterocycles. The van der Waals surface area contributed by atoms with E-state index in [0.29, 0.717) is 22.1 Å². The highest BCUT2D eigenvalue weighted by molar-refractivity contribution is 6.33. The molecule has 1 atom stereocenters. The van der Waals surface area contributed by atoms with Gasteiger partial charge in [-0.25, -0.2) is 4.79 Å². The zero-order chi connectivity index (χ0) is 28.2. The van der Waals surface area contributed by atoms with Gasteiger partial charge < -0.3 is 25.1 Å². The number of carboxylic acids is 1. The standard InChI is InChI=1S/C29H26ClN3O6/c1-14-9-12-20(39-14)26(29(2,3)4)32-23-22(24(34)25(23)35)31-18-11-10-17(30)16-13-33(27(36)21(16)18)19-8-6-5-7-15(19)28(37)38/h5-12,26,31-32H,13H2,1-4H3,(H,37,38)/t26-/m0/s1. The van der Waals surface area contributed by atoms with Crippen LogP contribution in [0.25, 0.3) is 0 Å². The van der Waals surface area contributed by atoms with Gasteiger partial charge in [-0.15, -0.1) is 0 Å². The number of carbonyl (C=O) groups excluding carboxylic acids is 1. The molecule has 0 spiro atoms. The van der Waals surface area contributed by atoms with Gasteiger partial charge in [0.25, 0.3) is 16.8 Å². The number of nitrogens with zero attached hydrogens (tertiary/aromatic N) is 1. The van der Waals surface area contributed by atoms with Crippen molar-refractivity contribution in [3.05, 3.63) is 102 Å². The first-order chi connectivity index (χ1) is 18.4. The van der Waals surface area contributed by atoms with Crippen molar-refractivity contribution in [3.8, 4) is 0 Å². The summed E-state index contributed by atoms with van der Waals surface area (Å²) in [5.41, 5.74) is -0.481. The third-order valence-electron chi connectivity index (χ3n) is 6.83. The van der Waals surface area contributed by atoms with E-state index in [1.807, 2.05) is 39.8 Å². The van der Waals surface area contributed by atoms with Crippen LogP contribution in [0.3, 0.4) is 0 Å². The first kappa shape index (κ1) is 26.2. The van der Waals surface area contributed by atoms with E-state index in [4.69, 9.17) is 16.0 Å². The van der Waals surface area contributed by atoms with Crippen LogP contribution in [0.1, 0.15) is 64.6 Å². The number of benzene rings is 2. The minimum absolute atomic E-state index is 0.0271. The highest BCUT2D eigenvalue weighted by Crippen LogP contribution is 2.41. The SMILES string of the molecule is Cc1ccc([C@H](Nc2c(Nc3ccc(Cl)c4c3C(=O)N(c3ccccc3C(=O)O)C4)c(=O)c2=O)C(C)(C)C)o1. The van der Waals surface area contributed by atoms with Crippen LogP contribution >= 0.6 is 11.6 Å². The molecule has 200 valence electrons. The van der Waals surface area contributed by atoms with Crippen LogP contribution in [-0.2, 0) is 6.54 Å². The minimum Gasteiger partial charge on any atom is -0.478 e. The number of anilines is 4. The Bertz CT molecular complexity index is 1710. The van der Waals surface area contributed by atoms with E-state index in [1.54, 1.807) is 30.3 Å². The van der Waals surface area contributed by atoms with Crippen LogP contribution in [0, 0.1) is 12.3 Å². The molecular weight excluding hydrogens is 522 g/mol. The van der Waals surface area contributed by atoms with Crippen LogP contribution in [0.5, 0.6) is 0 Å². The van der Waals surface area contributed by atoms with Crippen LogP contribution < -0.4 is 26.4 Å². The summed E-state index contributed by atoms with van der Waals surface area (Å²) >= 11 is 6.44. The Morgan fingerprint density at radius 1 is 1.03 bits per heavy atom. The van der Waals surface area contributed by atoms with E-state index in [1.165, 1.54) is 11.0 Å². The Morgan fingerprint density at radius 2 is 1.72 bits per heavy atom. The Kier molecular flexibility index (Phi) is 6.34. The fraction of sp³-hybridized carbons (Fsp3) is 0.241. The maximum atomic E-state index is 13.6. The predicted octanol–water partition coefficient (Wildman–Crippen LogP) is 5.64. The Hall–Kier alpha value is -4.37. The van der Waals surface area contributed by atoms with Crippen molar-refractivity contribution in [2.45, 2.75) is 40.3 Å². The number of carboxylic acid groups (broad SMARTS) is 1. The molecule has 0 radical (unpaired) electrons. The van der Waals surface area contributed by atoms with Crippen molar-refractivity contribution < 1.29 is 19.1 Å². The summed E-state index contributed by atoms with van der Waals surface area (Å²) in [5.74, 6) is -0.308. The normalized spacial score (nSPS) is 14.0. The second kappa shape index (κ2) is 9.43.